The minimum atomic E-state index is 0.169. The van der Waals surface area contributed by atoms with Crippen molar-refractivity contribution in [1.29, 1.82) is 0 Å². The van der Waals surface area contributed by atoms with Gasteiger partial charge in [-0.3, -0.25) is 0 Å². The summed E-state index contributed by atoms with van der Waals surface area (Å²) >= 11 is 3.55. The van der Waals surface area contributed by atoms with Gasteiger partial charge in [-0.15, -0.1) is 0 Å². The Morgan fingerprint density at radius 2 is 1.88 bits per heavy atom. The zero-order chi connectivity index (χ0) is 11.4. The van der Waals surface area contributed by atoms with E-state index in [9.17, 15) is 0 Å². The number of allylic oxidation sites excluding steroid dienone is 1. The number of hydrogen-bond acceptors (Lipinski definition) is 2. The summed E-state index contributed by atoms with van der Waals surface area (Å²) in [5, 5.41) is 0. The van der Waals surface area contributed by atoms with Gasteiger partial charge in [0, 0.05) is 4.48 Å². The number of halogens is 1. The van der Waals surface area contributed by atoms with Crippen molar-refractivity contribution in [3.8, 4) is 11.5 Å². The van der Waals surface area contributed by atoms with Gasteiger partial charge in [-0.1, -0.05) is 22.0 Å². The van der Waals surface area contributed by atoms with Gasteiger partial charge in [0.05, 0.1) is 7.11 Å². The summed E-state index contributed by atoms with van der Waals surface area (Å²) in [4.78, 5) is 0. The third-order valence-electron chi connectivity index (χ3n) is 2.66. The largest absolute Gasteiger partial charge is 0.497 e. The monoisotopic (exact) mass is 282 g/mol. The molecule has 1 aromatic carbocycles. The molecule has 0 aliphatic heterocycles. The Kier molecular flexibility index (Phi) is 3.88. The van der Waals surface area contributed by atoms with Crippen LogP contribution < -0.4 is 9.47 Å². The Hall–Kier alpha value is -0.960. The Morgan fingerprint density at radius 1 is 1.19 bits per heavy atom. The SMILES string of the molecule is COc1ccc(OC2CCCC=C2Br)cc1. The predicted octanol–water partition coefficient (Wildman–Crippen LogP) is 3.91. The van der Waals surface area contributed by atoms with Crippen LogP contribution in [0.4, 0.5) is 0 Å². The van der Waals surface area contributed by atoms with E-state index in [-0.39, 0.29) is 6.10 Å². The molecule has 1 aliphatic rings. The van der Waals surface area contributed by atoms with Crippen molar-refractivity contribution in [2.75, 3.05) is 7.11 Å². The van der Waals surface area contributed by atoms with Gasteiger partial charge in [-0.05, 0) is 43.5 Å². The Labute approximate surface area is 104 Å². The van der Waals surface area contributed by atoms with E-state index in [2.05, 4.69) is 22.0 Å². The van der Waals surface area contributed by atoms with Crippen molar-refractivity contribution in [2.45, 2.75) is 25.4 Å². The minimum Gasteiger partial charge on any atom is -0.497 e. The van der Waals surface area contributed by atoms with E-state index in [1.165, 1.54) is 6.42 Å². The van der Waals surface area contributed by atoms with Crippen molar-refractivity contribution in [2.24, 2.45) is 0 Å². The molecule has 0 heterocycles. The van der Waals surface area contributed by atoms with E-state index in [1.54, 1.807) is 7.11 Å². The van der Waals surface area contributed by atoms with Crippen LogP contribution in [-0.4, -0.2) is 13.2 Å². The molecule has 0 N–H and O–H groups in total. The van der Waals surface area contributed by atoms with Crippen LogP contribution in [0.2, 0.25) is 0 Å². The van der Waals surface area contributed by atoms with E-state index in [0.29, 0.717) is 0 Å². The highest BCUT2D eigenvalue weighted by Gasteiger charge is 2.17. The average Bonchev–Trinajstić information content (AvgIpc) is 2.33. The number of rotatable bonds is 3. The normalized spacial score (nSPS) is 20.1. The summed E-state index contributed by atoms with van der Waals surface area (Å²) in [6.45, 7) is 0. The maximum absolute atomic E-state index is 5.90. The first-order valence-corrected chi connectivity index (χ1v) is 6.25. The van der Waals surface area contributed by atoms with Crippen LogP contribution in [0.25, 0.3) is 0 Å². The molecule has 1 unspecified atom stereocenters. The lowest BCUT2D eigenvalue weighted by Crippen LogP contribution is -2.19. The highest BCUT2D eigenvalue weighted by molar-refractivity contribution is 9.11. The van der Waals surface area contributed by atoms with Gasteiger partial charge < -0.3 is 9.47 Å². The molecule has 1 atom stereocenters. The van der Waals surface area contributed by atoms with Crippen LogP contribution in [0.1, 0.15) is 19.3 Å². The average molecular weight is 283 g/mol. The summed E-state index contributed by atoms with van der Waals surface area (Å²) in [6, 6.07) is 7.70. The molecule has 0 bridgehead atoms. The molecule has 3 heteroatoms. The topological polar surface area (TPSA) is 18.5 Å². The van der Waals surface area contributed by atoms with Crippen LogP contribution in [0.15, 0.2) is 34.8 Å². The molecule has 0 radical (unpaired) electrons. The van der Waals surface area contributed by atoms with E-state index in [0.717, 1.165) is 28.8 Å². The number of hydrogen-bond donors (Lipinski definition) is 0. The molecule has 0 saturated heterocycles. The fourth-order valence-electron chi connectivity index (χ4n) is 1.75. The first kappa shape index (κ1) is 11.5. The highest BCUT2D eigenvalue weighted by Crippen LogP contribution is 2.28. The Morgan fingerprint density at radius 3 is 2.50 bits per heavy atom. The Bertz CT molecular complexity index is 370. The lowest BCUT2D eigenvalue weighted by Gasteiger charge is -2.22. The summed E-state index contributed by atoms with van der Waals surface area (Å²) in [5.41, 5.74) is 0. The Balaban J connectivity index is 2.02. The lowest BCUT2D eigenvalue weighted by atomic mass is 10.1. The highest BCUT2D eigenvalue weighted by atomic mass is 79.9. The summed E-state index contributed by atoms with van der Waals surface area (Å²) in [7, 11) is 1.66. The van der Waals surface area contributed by atoms with E-state index in [4.69, 9.17) is 9.47 Å². The third kappa shape index (κ3) is 2.79. The molecule has 86 valence electrons. The molecule has 0 fully saturated rings. The minimum absolute atomic E-state index is 0.169. The van der Waals surface area contributed by atoms with Gasteiger partial charge >= 0.3 is 0 Å². The van der Waals surface area contributed by atoms with Crippen molar-refractivity contribution >= 4 is 15.9 Å². The van der Waals surface area contributed by atoms with Crippen LogP contribution in [0.3, 0.4) is 0 Å². The first-order chi connectivity index (χ1) is 7.79. The van der Waals surface area contributed by atoms with E-state index >= 15 is 0 Å². The second-order valence-corrected chi connectivity index (χ2v) is 4.72. The van der Waals surface area contributed by atoms with Gasteiger partial charge in [-0.2, -0.15) is 0 Å². The molecule has 0 spiro atoms. The molecule has 1 aliphatic carbocycles. The fourth-order valence-corrected chi connectivity index (χ4v) is 2.30. The van der Waals surface area contributed by atoms with Crippen molar-refractivity contribution in [1.82, 2.24) is 0 Å². The van der Waals surface area contributed by atoms with Gasteiger partial charge in [-0.25, -0.2) is 0 Å². The standard InChI is InChI=1S/C13H15BrO2/c1-15-10-6-8-11(9-7-10)16-13-5-3-2-4-12(13)14/h4,6-9,13H,2-3,5H2,1H3. The van der Waals surface area contributed by atoms with Crippen LogP contribution >= 0.6 is 15.9 Å². The van der Waals surface area contributed by atoms with Crippen molar-refractivity contribution < 1.29 is 9.47 Å². The molecule has 0 amide bonds. The summed E-state index contributed by atoms with van der Waals surface area (Å²) < 4.78 is 12.2. The maximum atomic E-state index is 5.90. The van der Waals surface area contributed by atoms with Crippen LogP contribution in [0, 0.1) is 0 Å². The second-order valence-electron chi connectivity index (χ2n) is 3.80. The molecule has 0 aromatic heterocycles. The van der Waals surface area contributed by atoms with Gasteiger partial charge in [0.15, 0.2) is 0 Å². The number of ether oxygens (including phenoxy) is 2. The quantitative estimate of drug-likeness (QED) is 0.837. The maximum Gasteiger partial charge on any atom is 0.130 e. The number of methoxy groups -OCH3 is 1. The third-order valence-corrected chi connectivity index (χ3v) is 3.49. The summed E-state index contributed by atoms with van der Waals surface area (Å²) in [5.74, 6) is 1.74. The number of benzene rings is 1. The van der Waals surface area contributed by atoms with E-state index in [1.807, 2.05) is 24.3 Å². The van der Waals surface area contributed by atoms with Crippen LogP contribution in [-0.2, 0) is 0 Å². The van der Waals surface area contributed by atoms with Gasteiger partial charge in [0.25, 0.3) is 0 Å². The smallest absolute Gasteiger partial charge is 0.130 e. The van der Waals surface area contributed by atoms with E-state index < -0.39 is 0 Å². The molecule has 2 nitrogen and oxygen atoms in total. The van der Waals surface area contributed by atoms with Crippen LogP contribution in [0.5, 0.6) is 11.5 Å². The predicted molar refractivity (Wildman–Crippen MR) is 68.3 cm³/mol. The fraction of sp³-hybridized carbons (Fsp3) is 0.385. The zero-order valence-electron chi connectivity index (χ0n) is 9.28. The summed E-state index contributed by atoms with van der Waals surface area (Å²) in [6.07, 6.45) is 5.77. The van der Waals surface area contributed by atoms with Crippen molar-refractivity contribution in [3.63, 3.8) is 0 Å². The molecular weight excluding hydrogens is 268 g/mol. The second kappa shape index (κ2) is 5.39. The molecule has 2 rings (SSSR count). The zero-order valence-corrected chi connectivity index (χ0v) is 10.9. The molecular formula is C13H15BrO2. The first-order valence-electron chi connectivity index (χ1n) is 5.46. The van der Waals surface area contributed by atoms with Crippen molar-refractivity contribution in [3.05, 3.63) is 34.8 Å². The lowest BCUT2D eigenvalue weighted by molar-refractivity contribution is 0.226. The molecule has 16 heavy (non-hydrogen) atoms. The molecule has 1 aromatic rings. The molecule has 0 saturated carbocycles. The van der Waals surface area contributed by atoms with Gasteiger partial charge in [0.1, 0.15) is 17.6 Å². The van der Waals surface area contributed by atoms with Gasteiger partial charge in [0.2, 0.25) is 0 Å².